The highest BCUT2D eigenvalue weighted by Gasteiger charge is 2.09. The van der Waals surface area contributed by atoms with Gasteiger partial charge in [0.2, 0.25) is 0 Å². The second-order valence-electron chi connectivity index (χ2n) is 4.44. The summed E-state index contributed by atoms with van der Waals surface area (Å²) in [4.78, 5) is 5.51. The van der Waals surface area contributed by atoms with Crippen LogP contribution in [0.1, 0.15) is 5.56 Å². The van der Waals surface area contributed by atoms with Gasteiger partial charge in [-0.3, -0.25) is 10.3 Å². The van der Waals surface area contributed by atoms with Crippen molar-refractivity contribution in [3.8, 4) is 5.75 Å². The Balaban J connectivity index is 1.88. The predicted octanol–water partition coefficient (Wildman–Crippen LogP) is 2.64. The quantitative estimate of drug-likeness (QED) is 0.761. The number of methoxy groups -OCH3 is 1. The van der Waals surface area contributed by atoms with E-state index in [2.05, 4.69) is 5.48 Å². The zero-order valence-corrected chi connectivity index (χ0v) is 11.5. The van der Waals surface area contributed by atoms with Gasteiger partial charge in [0.05, 0.1) is 19.4 Å². The van der Waals surface area contributed by atoms with E-state index in [0.717, 1.165) is 17.0 Å². The Morgan fingerprint density at radius 1 is 1.05 bits per heavy atom. The van der Waals surface area contributed by atoms with Gasteiger partial charge in [0.25, 0.3) is 0 Å². The lowest BCUT2D eigenvalue weighted by Gasteiger charge is -2.16. The third-order valence-corrected chi connectivity index (χ3v) is 2.94. The van der Waals surface area contributed by atoms with E-state index in [1.807, 2.05) is 54.6 Å². The topological polar surface area (TPSA) is 50.7 Å². The van der Waals surface area contributed by atoms with Crippen LogP contribution in [-0.2, 0) is 11.3 Å². The Bertz CT molecular complexity index is 499. The van der Waals surface area contributed by atoms with Crippen LogP contribution in [0, 0.1) is 0 Å². The molecule has 0 fully saturated rings. The smallest absolute Gasteiger partial charge is 0.118 e. The summed E-state index contributed by atoms with van der Waals surface area (Å²) in [5.74, 6) is 0.817. The maximum atomic E-state index is 9.38. The van der Waals surface area contributed by atoms with Gasteiger partial charge in [0, 0.05) is 6.42 Å². The fourth-order valence-electron chi connectivity index (χ4n) is 1.83. The number of para-hydroxylation sites is 1. The van der Waals surface area contributed by atoms with E-state index in [1.54, 1.807) is 7.11 Å². The molecule has 4 nitrogen and oxygen atoms in total. The molecule has 4 heteroatoms. The number of benzene rings is 2. The first-order valence-electron chi connectivity index (χ1n) is 6.52. The SMILES string of the molecule is COc1ccc(C[C@H](CO)ONc2ccccc2)cc1. The van der Waals surface area contributed by atoms with Crippen molar-refractivity contribution in [1.29, 1.82) is 0 Å². The minimum Gasteiger partial charge on any atom is -0.497 e. The normalized spacial score (nSPS) is 11.9. The number of nitrogens with one attached hydrogen (secondary N) is 1. The van der Waals surface area contributed by atoms with Gasteiger partial charge < -0.3 is 9.84 Å². The highest BCUT2D eigenvalue weighted by molar-refractivity contribution is 5.40. The largest absolute Gasteiger partial charge is 0.497 e. The van der Waals surface area contributed by atoms with Gasteiger partial charge >= 0.3 is 0 Å². The number of hydrogen-bond donors (Lipinski definition) is 2. The standard InChI is InChI=1S/C16H19NO3/c1-19-15-9-7-13(8-10-15)11-16(12-18)20-17-14-5-3-2-4-6-14/h2-10,16-18H,11-12H2,1H3/t16-/m1/s1. The van der Waals surface area contributed by atoms with Crippen LogP contribution in [0.25, 0.3) is 0 Å². The molecule has 2 rings (SSSR count). The highest BCUT2D eigenvalue weighted by Crippen LogP contribution is 2.14. The molecule has 0 aliphatic rings. The van der Waals surface area contributed by atoms with Crippen molar-refractivity contribution in [2.45, 2.75) is 12.5 Å². The van der Waals surface area contributed by atoms with Gasteiger partial charge in [-0.1, -0.05) is 30.3 Å². The summed E-state index contributed by atoms with van der Waals surface area (Å²) in [6, 6.07) is 17.3. The van der Waals surface area contributed by atoms with E-state index < -0.39 is 0 Å². The molecule has 0 heterocycles. The Labute approximate surface area is 118 Å². The molecule has 0 spiro atoms. The minimum atomic E-state index is -0.302. The number of anilines is 1. The molecular formula is C16H19NO3. The van der Waals surface area contributed by atoms with E-state index in [1.165, 1.54) is 0 Å². The average Bonchev–Trinajstić information content (AvgIpc) is 2.53. The molecular weight excluding hydrogens is 254 g/mol. The first kappa shape index (κ1) is 14.4. The molecule has 0 saturated heterocycles. The summed E-state index contributed by atoms with van der Waals surface area (Å²) in [6.07, 6.45) is 0.323. The summed E-state index contributed by atoms with van der Waals surface area (Å²) in [7, 11) is 1.64. The van der Waals surface area contributed by atoms with E-state index in [9.17, 15) is 5.11 Å². The molecule has 1 atom stereocenters. The molecule has 0 aromatic heterocycles. The third kappa shape index (κ3) is 4.26. The van der Waals surface area contributed by atoms with Crippen LogP contribution in [0.3, 0.4) is 0 Å². The summed E-state index contributed by atoms with van der Waals surface area (Å²) in [5, 5.41) is 9.38. The first-order valence-corrected chi connectivity index (χ1v) is 6.52. The number of aliphatic hydroxyl groups is 1. The Morgan fingerprint density at radius 2 is 1.75 bits per heavy atom. The lowest BCUT2D eigenvalue weighted by molar-refractivity contribution is 0.0476. The van der Waals surface area contributed by atoms with Gasteiger partial charge in [-0.25, -0.2) is 0 Å². The molecule has 2 aromatic carbocycles. The second-order valence-corrected chi connectivity index (χ2v) is 4.44. The van der Waals surface area contributed by atoms with Crippen molar-refractivity contribution < 1.29 is 14.7 Å². The molecule has 2 N–H and O–H groups in total. The van der Waals surface area contributed by atoms with E-state index >= 15 is 0 Å². The monoisotopic (exact) mass is 273 g/mol. The van der Waals surface area contributed by atoms with Crippen LogP contribution < -0.4 is 10.2 Å². The van der Waals surface area contributed by atoms with Crippen molar-refractivity contribution in [2.75, 3.05) is 19.2 Å². The fourth-order valence-corrected chi connectivity index (χ4v) is 1.83. The van der Waals surface area contributed by atoms with Gasteiger partial charge in [-0.2, -0.15) is 0 Å². The average molecular weight is 273 g/mol. The van der Waals surface area contributed by atoms with Crippen molar-refractivity contribution >= 4 is 5.69 Å². The van der Waals surface area contributed by atoms with Gasteiger partial charge in [-0.05, 0) is 29.8 Å². The Hall–Kier alpha value is -2.04. The van der Waals surface area contributed by atoms with Crippen molar-refractivity contribution in [3.05, 3.63) is 60.2 Å². The van der Waals surface area contributed by atoms with E-state index in [0.29, 0.717) is 6.42 Å². The second kappa shape index (κ2) is 7.53. The lowest BCUT2D eigenvalue weighted by atomic mass is 10.1. The summed E-state index contributed by atoms with van der Waals surface area (Å²) >= 11 is 0. The van der Waals surface area contributed by atoms with Crippen LogP contribution in [0.5, 0.6) is 5.75 Å². The molecule has 0 unspecified atom stereocenters. The van der Waals surface area contributed by atoms with Gasteiger partial charge in [-0.15, -0.1) is 0 Å². The number of hydrogen-bond acceptors (Lipinski definition) is 4. The van der Waals surface area contributed by atoms with Crippen molar-refractivity contribution in [3.63, 3.8) is 0 Å². The molecule has 0 aliphatic carbocycles. The van der Waals surface area contributed by atoms with Crippen LogP contribution in [-0.4, -0.2) is 24.9 Å². The molecule has 2 aromatic rings. The maximum Gasteiger partial charge on any atom is 0.118 e. The van der Waals surface area contributed by atoms with Crippen molar-refractivity contribution in [1.82, 2.24) is 0 Å². The van der Waals surface area contributed by atoms with Gasteiger partial charge in [0.1, 0.15) is 11.9 Å². The molecule has 0 amide bonds. The lowest BCUT2D eigenvalue weighted by Crippen LogP contribution is -2.23. The predicted molar refractivity (Wildman–Crippen MR) is 78.7 cm³/mol. The molecule has 106 valence electrons. The maximum absolute atomic E-state index is 9.38. The third-order valence-electron chi connectivity index (χ3n) is 2.94. The summed E-state index contributed by atoms with van der Waals surface area (Å²) in [5.41, 5.74) is 4.80. The molecule has 0 aliphatic heterocycles. The van der Waals surface area contributed by atoms with Crippen LogP contribution >= 0.6 is 0 Å². The molecule has 0 bridgehead atoms. The van der Waals surface area contributed by atoms with Gasteiger partial charge in [0.15, 0.2) is 0 Å². The first-order chi connectivity index (χ1) is 9.81. The van der Waals surface area contributed by atoms with Crippen molar-refractivity contribution in [2.24, 2.45) is 0 Å². The number of rotatable bonds is 7. The van der Waals surface area contributed by atoms with Crippen LogP contribution in [0.2, 0.25) is 0 Å². The minimum absolute atomic E-state index is 0.0497. The highest BCUT2D eigenvalue weighted by atomic mass is 16.7. The molecule has 0 radical (unpaired) electrons. The summed E-state index contributed by atoms with van der Waals surface area (Å²) < 4.78 is 5.11. The van der Waals surface area contributed by atoms with Crippen LogP contribution in [0.15, 0.2) is 54.6 Å². The van der Waals surface area contributed by atoms with Crippen LogP contribution in [0.4, 0.5) is 5.69 Å². The number of aliphatic hydroxyl groups excluding tert-OH is 1. The zero-order chi connectivity index (χ0) is 14.2. The Morgan fingerprint density at radius 3 is 2.35 bits per heavy atom. The van der Waals surface area contributed by atoms with E-state index in [4.69, 9.17) is 9.57 Å². The zero-order valence-electron chi connectivity index (χ0n) is 11.5. The molecule has 20 heavy (non-hydrogen) atoms. The van der Waals surface area contributed by atoms with E-state index in [-0.39, 0.29) is 12.7 Å². The molecule has 0 saturated carbocycles. The summed E-state index contributed by atoms with van der Waals surface area (Å²) in [6.45, 7) is -0.0497. The Kier molecular flexibility index (Phi) is 5.41. The number of ether oxygens (including phenoxy) is 1. The fraction of sp³-hybridized carbons (Fsp3) is 0.250.